The third kappa shape index (κ3) is 14.5. The van der Waals surface area contributed by atoms with Gasteiger partial charge in [0.1, 0.15) is 22.3 Å². The van der Waals surface area contributed by atoms with Crippen LogP contribution in [0.4, 0.5) is 0 Å². The molecule has 4 aliphatic heterocycles. The minimum Gasteiger partial charge on any atom is -0.421 e. The molecule has 0 atom stereocenters. The highest BCUT2D eigenvalue weighted by Gasteiger charge is 2.41. The molecule has 2 spiro atoms. The number of hydrogen-bond donors (Lipinski definition) is 1. The maximum Gasteiger partial charge on any atom is 0.410 e. The summed E-state index contributed by atoms with van der Waals surface area (Å²) in [5, 5.41) is 15.7. The van der Waals surface area contributed by atoms with Crippen molar-refractivity contribution in [3.8, 4) is 23.4 Å². The lowest BCUT2D eigenvalue weighted by Crippen LogP contribution is -2.48. The van der Waals surface area contributed by atoms with Crippen LogP contribution in [0.25, 0.3) is 4.95 Å². The molecular weight excluding hydrogens is 676 g/mol. The summed E-state index contributed by atoms with van der Waals surface area (Å²) in [6.45, 7) is 21.3. The van der Waals surface area contributed by atoms with Crippen molar-refractivity contribution >= 4 is 12.1 Å². The van der Waals surface area contributed by atoms with Crippen LogP contribution in [0.5, 0.6) is 17.2 Å². The number of benzene rings is 3. The van der Waals surface area contributed by atoms with Crippen LogP contribution < -0.4 is 19.5 Å². The molecular formula is C40H52N6O7. The maximum absolute atomic E-state index is 8.60. The van der Waals surface area contributed by atoms with Crippen molar-refractivity contribution in [1.82, 2.24) is 10.2 Å². The lowest BCUT2D eigenvalue weighted by Gasteiger charge is -2.37. The number of rotatable bonds is 3. The number of nitrogens with zero attached hydrogens (tertiary/aromatic N) is 5. The van der Waals surface area contributed by atoms with Gasteiger partial charge in [-0.2, -0.15) is 11.8 Å². The monoisotopic (exact) mass is 728 g/mol. The lowest BCUT2D eigenvalue weighted by molar-refractivity contribution is -0.181. The van der Waals surface area contributed by atoms with Gasteiger partial charge in [0.15, 0.2) is 11.6 Å². The fraction of sp³-hybridized carbons (Fsp3) is 0.450. The molecule has 0 aromatic heterocycles. The average molecular weight is 729 g/mol. The van der Waals surface area contributed by atoms with Gasteiger partial charge in [-0.3, -0.25) is 0 Å². The number of nitrogens with one attached hydrogen (secondary N) is 1. The molecule has 0 aliphatic carbocycles. The molecule has 0 saturated carbocycles. The number of amidine groups is 1. The minimum atomic E-state index is -0.438. The van der Waals surface area contributed by atoms with Crippen LogP contribution in [-0.4, -0.2) is 81.2 Å². The Labute approximate surface area is 313 Å². The first-order chi connectivity index (χ1) is 26.1. The predicted octanol–water partition coefficient (Wildman–Crippen LogP) is 7.24. The topological polar surface area (TPSA) is 133 Å². The van der Waals surface area contributed by atoms with Crippen molar-refractivity contribution in [1.29, 1.82) is 5.26 Å². The van der Waals surface area contributed by atoms with E-state index in [0.717, 1.165) is 52.0 Å². The molecule has 0 unspecified atom stereocenters. The number of para-hydroxylation sites is 3. The zero-order valence-corrected chi connectivity index (χ0v) is 31.2. The van der Waals surface area contributed by atoms with Crippen LogP contribution >= 0.6 is 0 Å². The van der Waals surface area contributed by atoms with E-state index >= 15 is 0 Å². The average Bonchev–Trinajstić information content (AvgIpc) is 3.88. The van der Waals surface area contributed by atoms with Crippen molar-refractivity contribution in [2.24, 2.45) is 10.1 Å². The molecule has 4 fully saturated rings. The Bertz CT molecular complexity index is 1510. The zero-order valence-electron chi connectivity index (χ0n) is 31.2. The van der Waals surface area contributed by atoms with Crippen LogP contribution in [-0.2, 0) is 18.9 Å². The Morgan fingerprint density at radius 3 is 1.47 bits per heavy atom. The quantitative estimate of drug-likeness (QED) is 0.0968. The van der Waals surface area contributed by atoms with E-state index in [1.807, 2.05) is 99.3 Å². The molecule has 7 rings (SSSR count). The first kappa shape index (κ1) is 42.4. The third-order valence-electron chi connectivity index (χ3n) is 7.91. The van der Waals surface area contributed by atoms with Crippen molar-refractivity contribution in [2.45, 2.75) is 65.0 Å². The number of aliphatic imine (C=N–C) groups is 1. The maximum atomic E-state index is 8.60. The summed E-state index contributed by atoms with van der Waals surface area (Å²) in [6, 6.07) is 27.7. The largest absolute Gasteiger partial charge is 0.421 e. The first-order valence-corrected chi connectivity index (χ1v) is 18.2. The molecule has 0 radical (unpaired) electrons. The van der Waals surface area contributed by atoms with Gasteiger partial charge in [-0.25, -0.2) is 0 Å². The fourth-order valence-electron chi connectivity index (χ4n) is 5.49. The SMILES string of the molecule is C1CC2(CCN1)OCCO2.CC.CC.N#CN=C(Oc1ccccc1)Oc1ccccc1.[C-]#[N+]/N=C(/Oc1ccccc1)N1CCC2(CC1)OCCO2. The van der Waals surface area contributed by atoms with Gasteiger partial charge in [0.2, 0.25) is 6.19 Å². The highest BCUT2D eigenvalue weighted by molar-refractivity contribution is 5.77. The zero-order chi connectivity index (χ0) is 38.0. The molecule has 13 nitrogen and oxygen atoms in total. The molecule has 1 N–H and O–H groups in total. The van der Waals surface area contributed by atoms with Gasteiger partial charge in [-0.05, 0) is 36.4 Å². The standard InChI is InChI=1S/C15H17N3O3.C14H10N2O2.C7H13NO2.2C2H6/c1-16-17-14(21-13-5-3-2-4-6-13)18-9-7-15(8-10-18)19-11-12-20-15;15-11-16-14(17-12-7-3-1-4-8-12)18-13-9-5-2-6-10-13;1-3-8-4-2-7(1)9-5-6-10-7;2*1-2/h2-6H,7-12H2;1-10H;8H,1-6H2;2*1-2H3/b17-14+;;;;. The number of ether oxygens (including phenoxy) is 7. The fourth-order valence-corrected chi connectivity index (χ4v) is 5.49. The van der Waals surface area contributed by atoms with E-state index < -0.39 is 5.79 Å². The Balaban J connectivity index is 0.000000214. The van der Waals surface area contributed by atoms with Crippen LogP contribution in [0, 0.1) is 18.0 Å². The van der Waals surface area contributed by atoms with Gasteiger partial charge in [-0.1, -0.05) is 87.3 Å². The van der Waals surface area contributed by atoms with Crippen LogP contribution in [0.2, 0.25) is 0 Å². The van der Waals surface area contributed by atoms with E-state index in [4.69, 9.17) is 45.0 Å². The minimum absolute atomic E-state index is 0.102. The highest BCUT2D eigenvalue weighted by atomic mass is 16.7. The van der Waals surface area contributed by atoms with Crippen LogP contribution in [0.1, 0.15) is 53.4 Å². The van der Waals surface area contributed by atoms with Gasteiger partial charge >= 0.3 is 12.1 Å². The van der Waals surface area contributed by atoms with Crippen LogP contribution in [0.15, 0.2) is 101 Å². The summed E-state index contributed by atoms with van der Waals surface area (Å²) in [5.74, 6) is 1.16. The van der Waals surface area contributed by atoms with E-state index in [1.54, 1.807) is 30.5 Å². The van der Waals surface area contributed by atoms with Gasteiger partial charge < -0.3 is 43.4 Å². The number of piperidine rings is 2. The molecule has 4 saturated heterocycles. The summed E-state index contributed by atoms with van der Waals surface area (Å²) >= 11 is 0. The van der Waals surface area contributed by atoms with Crippen molar-refractivity contribution in [3.05, 3.63) is 103 Å². The van der Waals surface area contributed by atoms with Crippen molar-refractivity contribution in [3.63, 3.8) is 0 Å². The van der Waals surface area contributed by atoms with Crippen LogP contribution in [0.3, 0.4) is 0 Å². The Kier molecular flexibility index (Phi) is 19.4. The van der Waals surface area contributed by atoms with Gasteiger partial charge in [-0.15, -0.1) is 4.95 Å². The molecule has 0 amide bonds. The summed E-state index contributed by atoms with van der Waals surface area (Å²) in [6.07, 6.45) is 5.06. The molecule has 0 bridgehead atoms. The Morgan fingerprint density at radius 1 is 0.679 bits per heavy atom. The summed E-state index contributed by atoms with van der Waals surface area (Å²) < 4.78 is 38.9. The van der Waals surface area contributed by atoms with Gasteiger partial charge in [0.05, 0.1) is 26.4 Å². The van der Waals surface area contributed by atoms with Crippen molar-refractivity contribution in [2.75, 3.05) is 52.6 Å². The second-order valence-corrected chi connectivity index (χ2v) is 11.2. The van der Waals surface area contributed by atoms with Gasteiger partial charge in [0, 0.05) is 51.9 Å². The van der Waals surface area contributed by atoms with E-state index in [2.05, 4.69) is 20.4 Å². The van der Waals surface area contributed by atoms with Crippen molar-refractivity contribution < 1.29 is 33.2 Å². The molecule has 284 valence electrons. The normalized spacial score (nSPS) is 17.6. The number of likely N-dealkylation sites (tertiary alicyclic amines) is 1. The van der Waals surface area contributed by atoms with E-state index in [-0.39, 0.29) is 11.9 Å². The van der Waals surface area contributed by atoms with E-state index in [0.29, 0.717) is 49.6 Å². The number of hydrogen-bond acceptors (Lipinski definition) is 11. The van der Waals surface area contributed by atoms with Gasteiger partial charge in [0.25, 0.3) is 0 Å². The lowest BCUT2D eigenvalue weighted by atomic mass is 10.0. The molecule has 3 aromatic carbocycles. The molecule has 53 heavy (non-hydrogen) atoms. The highest BCUT2D eigenvalue weighted by Crippen LogP contribution is 2.32. The summed E-state index contributed by atoms with van der Waals surface area (Å²) in [5.41, 5.74) is 0. The molecule has 3 aromatic rings. The second-order valence-electron chi connectivity index (χ2n) is 11.2. The molecule has 4 aliphatic rings. The van der Waals surface area contributed by atoms with E-state index in [9.17, 15) is 0 Å². The predicted molar refractivity (Wildman–Crippen MR) is 203 cm³/mol. The number of nitriles is 1. The summed E-state index contributed by atoms with van der Waals surface area (Å²) in [7, 11) is 0. The molecule has 4 heterocycles. The third-order valence-corrected chi connectivity index (χ3v) is 7.91. The van der Waals surface area contributed by atoms with E-state index in [1.165, 1.54) is 0 Å². The summed E-state index contributed by atoms with van der Waals surface area (Å²) in [4.78, 5) is 8.56. The Hall–Kier alpha value is -5.02. The first-order valence-electron chi connectivity index (χ1n) is 18.2. The second kappa shape index (κ2) is 24.3. The smallest absolute Gasteiger partial charge is 0.410 e. The molecule has 13 heteroatoms. The Morgan fingerprint density at radius 2 is 1.08 bits per heavy atom.